The van der Waals surface area contributed by atoms with Gasteiger partial charge >= 0.3 is 0 Å². The van der Waals surface area contributed by atoms with Gasteiger partial charge in [0.15, 0.2) is 5.65 Å². The van der Waals surface area contributed by atoms with Crippen LogP contribution in [0.3, 0.4) is 0 Å². The summed E-state index contributed by atoms with van der Waals surface area (Å²) in [5.74, 6) is 0.486. The molecule has 0 radical (unpaired) electrons. The van der Waals surface area contributed by atoms with Crippen LogP contribution in [0.4, 0.5) is 0 Å². The first kappa shape index (κ1) is 17.3. The van der Waals surface area contributed by atoms with Crippen LogP contribution < -0.4 is 9.88 Å². The van der Waals surface area contributed by atoms with Gasteiger partial charge in [-0.2, -0.15) is 4.98 Å². The highest BCUT2D eigenvalue weighted by Crippen LogP contribution is 2.26. The zero-order valence-corrected chi connectivity index (χ0v) is 15.4. The molecule has 0 bridgehead atoms. The number of hydrogen-bond acceptors (Lipinski definition) is 7. The van der Waals surface area contributed by atoms with Crippen LogP contribution in [0.15, 0.2) is 41.7 Å². The van der Waals surface area contributed by atoms with Gasteiger partial charge in [0.1, 0.15) is 10.4 Å². The molecule has 4 aromatic rings. The molecule has 0 aliphatic rings. The van der Waals surface area contributed by atoms with E-state index in [-0.39, 0.29) is 4.90 Å². The number of pyridine rings is 3. The van der Waals surface area contributed by atoms with Crippen molar-refractivity contribution in [3.63, 3.8) is 0 Å². The van der Waals surface area contributed by atoms with Gasteiger partial charge in [0.25, 0.3) is 0 Å². The molecule has 0 amide bonds. The van der Waals surface area contributed by atoms with Crippen molar-refractivity contribution >= 4 is 32.1 Å². The van der Waals surface area contributed by atoms with E-state index in [1.807, 2.05) is 17.6 Å². The van der Waals surface area contributed by atoms with Crippen LogP contribution in [0.5, 0.6) is 5.88 Å². The average molecular weight is 384 g/mol. The summed E-state index contributed by atoms with van der Waals surface area (Å²) in [6, 6.07) is 6.73. The summed E-state index contributed by atoms with van der Waals surface area (Å²) < 4.78 is 29.8. The summed E-state index contributed by atoms with van der Waals surface area (Å²) >= 11 is 0. The van der Waals surface area contributed by atoms with Gasteiger partial charge in [-0.3, -0.25) is 4.98 Å². The van der Waals surface area contributed by atoms with Crippen LogP contribution in [0, 0.1) is 6.92 Å². The van der Waals surface area contributed by atoms with Crippen LogP contribution in [-0.4, -0.2) is 40.0 Å². The first-order chi connectivity index (χ1) is 12.9. The molecular weight excluding hydrogens is 368 g/mol. The van der Waals surface area contributed by atoms with Crippen LogP contribution in [0.25, 0.3) is 22.1 Å². The van der Waals surface area contributed by atoms with E-state index in [9.17, 15) is 8.42 Å². The number of primary sulfonamides is 1. The summed E-state index contributed by atoms with van der Waals surface area (Å²) in [6.45, 7) is 2.28. The fourth-order valence-corrected chi connectivity index (χ4v) is 3.38. The van der Waals surface area contributed by atoms with Gasteiger partial charge < -0.3 is 9.30 Å². The fourth-order valence-electron chi connectivity index (χ4n) is 2.92. The van der Waals surface area contributed by atoms with Gasteiger partial charge in [0.05, 0.1) is 36.9 Å². The maximum absolute atomic E-state index is 11.4. The molecule has 138 valence electrons. The van der Waals surface area contributed by atoms with E-state index >= 15 is 0 Å². The third kappa shape index (κ3) is 3.09. The summed E-state index contributed by atoms with van der Waals surface area (Å²) in [4.78, 5) is 17.5. The summed E-state index contributed by atoms with van der Waals surface area (Å²) in [6.07, 6.45) is 2.96. The molecule has 10 heteroatoms. The topological polar surface area (TPSA) is 126 Å². The number of ether oxygens (including phenoxy) is 1. The SMILES string of the molecule is COc1ccc2c(n1)nc(C)c1ncn(Cc3ccc(S(N)(=O)=O)cn3)c12. The van der Waals surface area contributed by atoms with Crippen molar-refractivity contribution in [3.8, 4) is 5.88 Å². The predicted octanol–water partition coefficient (Wildman–Crippen LogP) is 1.39. The summed E-state index contributed by atoms with van der Waals surface area (Å²) in [5.41, 5.74) is 3.65. The Morgan fingerprint density at radius 3 is 2.63 bits per heavy atom. The predicted molar refractivity (Wildman–Crippen MR) is 98.8 cm³/mol. The lowest BCUT2D eigenvalue weighted by Crippen LogP contribution is -2.12. The molecular formula is C17H16N6O3S. The lowest BCUT2D eigenvalue weighted by atomic mass is 10.2. The van der Waals surface area contributed by atoms with E-state index in [1.54, 1.807) is 25.6 Å². The van der Waals surface area contributed by atoms with E-state index in [1.165, 1.54) is 12.3 Å². The van der Waals surface area contributed by atoms with Gasteiger partial charge in [-0.05, 0) is 25.1 Å². The largest absolute Gasteiger partial charge is 0.481 e. The number of nitrogens with two attached hydrogens (primary N) is 1. The molecule has 4 aromatic heterocycles. The maximum atomic E-state index is 11.4. The number of methoxy groups -OCH3 is 1. The number of aromatic nitrogens is 5. The second kappa shape index (κ2) is 6.25. The number of imidazole rings is 1. The number of nitrogens with zero attached hydrogens (tertiary/aromatic N) is 5. The van der Waals surface area contributed by atoms with Gasteiger partial charge in [0, 0.05) is 17.6 Å². The zero-order valence-electron chi connectivity index (χ0n) is 14.6. The van der Waals surface area contributed by atoms with Crippen molar-refractivity contribution < 1.29 is 13.2 Å². The number of hydrogen-bond donors (Lipinski definition) is 1. The Labute approximate surface area is 154 Å². The molecule has 0 spiro atoms. The van der Waals surface area contributed by atoms with Crippen molar-refractivity contribution in [1.82, 2.24) is 24.5 Å². The molecule has 27 heavy (non-hydrogen) atoms. The minimum Gasteiger partial charge on any atom is -0.481 e. The highest BCUT2D eigenvalue weighted by Gasteiger charge is 2.14. The van der Waals surface area contributed by atoms with Crippen molar-refractivity contribution in [2.75, 3.05) is 7.11 Å². The number of fused-ring (bicyclic) bond motifs is 3. The highest BCUT2D eigenvalue weighted by atomic mass is 32.2. The van der Waals surface area contributed by atoms with E-state index in [4.69, 9.17) is 9.88 Å². The van der Waals surface area contributed by atoms with Crippen LogP contribution in [-0.2, 0) is 16.6 Å². The third-order valence-electron chi connectivity index (χ3n) is 4.23. The Kier molecular flexibility index (Phi) is 4.01. The lowest BCUT2D eigenvalue weighted by Gasteiger charge is -2.08. The summed E-state index contributed by atoms with van der Waals surface area (Å²) in [5, 5.41) is 5.96. The second-order valence-corrected chi connectivity index (χ2v) is 7.58. The second-order valence-electron chi connectivity index (χ2n) is 6.02. The molecule has 0 saturated heterocycles. The lowest BCUT2D eigenvalue weighted by molar-refractivity contribution is 0.399. The van der Waals surface area contributed by atoms with Crippen LogP contribution in [0.2, 0.25) is 0 Å². The minimum absolute atomic E-state index is 0.0245. The normalized spacial score (nSPS) is 12.0. The van der Waals surface area contributed by atoms with Gasteiger partial charge in [0.2, 0.25) is 15.9 Å². The van der Waals surface area contributed by atoms with Crippen LogP contribution in [0.1, 0.15) is 11.4 Å². The van der Waals surface area contributed by atoms with Crippen molar-refractivity contribution in [1.29, 1.82) is 0 Å². The Morgan fingerprint density at radius 2 is 1.96 bits per heavy atom. The number of rotatable bonds is 4. The van der Waals surface area contributed by atoms with Gasteiger partial charge in [-0.25, -0.2) is 23.5 Å². The Hall–Kier alpha value is -3.11. The molecule has 0 atom stereocenters. The van der Waals surface area contributed by atoms with E-state index in [0.29, 0.717) is 23.8 Å². The standard InChI is InChI=1S/C17H16N6O3S/c1-10-15-16(13-5-6-14(26-2)22-17(13)21-10)23(9-20-15)8-11-3-4-12(7-19-11)27(18,24)25/h3-7,9H,8H2,1-2H3,(H2,18,24,25). The quantitative estimate of drug-likeness (QED) is 0.563. The Balaban J connectivity index is 1.82. The van der Waals surface area contributed by atoms with Crippen molar-refractivity contribution in [3.05, 3.63) is 48.2 Å². The van der Waals surface area contributed by atoms with Crippen molar-refractivity contribution in [2.24, 2.45) is 5.14 Å². The van der Waals surface area contributed by atoms with E-state index in [0.717, 1.165) is 22.1 Å². The number of aryl methyl sites for hydroxylation is 1. The Morgan fingerprint density at radius 1 is 1.15 bits per heavy atom. The highest BCUT2D eigenvalue weighted by molar-refractivity contribution is 7.89. The smallest absolute Gasteiger partial charge is 0.239 e. The molecule has 0 saturated carbocycles. The summed E-state index contributed by atoms with van der Waals surface area (Å²) in [7, 11) is -2.21. The number of sulfonamides is 1. The Bertz CT molecular complexity index is 1270. The first-order valence-electron chi connectivity index (χ1n) is 8.01. The van der Waals surface area contributed by atoms with Crippen LogP contribution >= 0.6 is 0 Å². The molecule has 0 aliphatic heterocycles. The molecule has 0 aromatic carbocycles. The molecule has 0 unspecified atom stereocenters. The molecule has 0 fully saturated rings. The molecule has 0 aliphatic carbocycles. The molecule has 2 N–H and O–H groups in total. The zero-order chi connectivity index (χ0) is 19.2. The molecule has 4 heterocycles. The maximum Gasteiger partial charge on any atom is 0.239 e. The third-order valence-corrected chi connectivity index (χ3v) is 5.12. The van der Waals surface area contributed by atoms with E-state index < -0.39 is 10.0 Å². The fraction of sp³-hybridized carbons (Fsp3) is 0.176. The molecule has 4 rings (SSSR count). The van der Waals surface area contributed by atoms with E-state index in [2.05, 4.69) is 19.9 Å². The van der Waals surface area contributed by atoms with Crippen molar-refractivity contribution in [2.45, 2.75) is 18.4 Å². The minimum atomic E-state index is -3.77. The average Bonchev–Trinajstić information content (AvgIpc) is 3.05. The monoisotopic (exact) mass is 384 g/mol. The first-order valence-corrected chi connectivity index (χ1v) is 9.55. The van der Waals surface area contributed by atoms with Gasteiger partial charge in [-0.15, -0.1) is 0 Å². The molecule has 9 nitrogen and oxygen atoms in total. The van der Waals surface area contributed by atoms with Gasteiger partial charge in [-0.1, -0.05) is 0 Å².